The van der Waals surface area contributed by atoms with E-state index in [9.17, 15) is 4.79 Å². The Balaban J connectivity index is 1.88. The number of aromatic nitrogens is 1. The second-order valence-electron chi connectivity index (χ2n) is 5.18. The quantitative estimate of drug-likeness (QED) is 0.838. The maximum absolute atomic E-state index is 12.1. The highest BCUT2D eigenvalue weighted by Gasteiger charge is 2.16. The van der Waals surface area contributed by atoms with E-state index in [4.69, 9.17) is 11.6 Å². The van der Waals surface area contributed by atoms with Crippen LogP contribution in [0.1, 0.15) is 43.0 Å². The van der Waals surface area contributed by atoms with Crippen LogP contribution in [0.3, 0.4) is 0 Å². The summed E-state index contributed by atoms with van der Waals surface area (Å²) in [5, 5.41) is 7.14. The van der Waals surface area contributed by atoms with E-state index < -0.39 is 0 Å². The zero-order valence-corrected chi connectivity index (χ0v) is 13.9. The first-order chi connectivity index (χ1) is 10.2. The number of carbonyl (C=O) groups is 1. The summed E-state index contributed by atoms with van der Waals surface area (Å²) in [6.07, 6.45) is 6.32. The number of hydrogen-bond donors (Lipinski definition) is 2. The standard InChI is InChI=1S/C15H22ClN3OS/c1-2-6-17-14-13(16)8-11(9-18-14)15(20)19-10-12-5-3-4-7-21-12/h8-9,12H,2-7,10H2,1H3,(H,17,18)(H,19,20). The average Bonchev–Trinajstić information content (AvgIpc) is 2.52. The Hall–Kier alpha value is -0.940. The first-order valence-electron chi connectivity index (χ1n) is 7.50. The molecule has 1 aliphatic heterocycles. The molecule has 1 atom stereocenters. The van der Waals surface area contributed by atoms with Crippen molar-refractivity contribution >= 4 is 35.1 Å². The fraction of sp³-hybridized carbons (Fsp3) is 0.600. The molecule has 4 nitrogen and oxygen atoms in total. The van der Waals surface area contributed by atoms with Crippen molar-refractivity contribution < 1.29 is 4.79 Å². The Morgan fingerprint density at radius 2 is 2.38 bits per heavy atom. The Morgan fingerprint density at radius 1 is 1.52 bits per heavy atom. The van der Waals surface area contributed by atoms with Gasteiger partial charge in [-0.3, -0.25) is 4.79 Å². The highest BCUT2D eigenvalue weighted by molar-refractivity contribution is 7.99. The third kappa shape index (κ3) is 5.08. The van der Waals surface area contributed by atoms with Gasteiger partial charge in [0.2, 0.25) is 0 Å². The third-order valence-electron chi connectivity index (χ3n) is 3.41. The van der Waals surface area contributed by atoms with Crippen molar-refractivity contribution in [2.24, 2.45) is 0 Å². The Labute approximate surface area is 135 Å². The van der Waals surface area contributed by atoms with Crippen LogP contribution in [0.5, 0.6) is 0 Å². The molecule has 1 aromatic heterocycles. The van der Waals surface area contributed by atoms with Gasteiger partial charge >= 0.3 is 0 Å². The van der Waals surface area contributed by atoms with Gasteiger partial charge in [0.1, 0.15) is 5.82 Å². The van der Waals surface area contributed by atoms with Crippen LogP contribution >= 0.6 is 23.4 Å². The molecular weight excluding hydrogens is 306 g/mol. The second-order valence-corrected chi connectivity index (χ2v) is 7.00. The summed E-state index contributed by atoms with van der Waals surface area (Å²) in [4.78, 5) is 16.3. The normalized spacial score (nSPS) is 18.3. The average molecular weight is 328 g/mol. The lowest BCUT2D eigenvalue weighted by molar-refractivity contribution is 0.0953. The van der Waals surface area contributed by atoms with Gasteiger partial charge in [0.15, 0.2) is 0 Å². The van der Waals surface area contributed by atoms with Crippen molar-refractivity contribution in [3.05, 3.63) is 22.8 Å². The lowest BCUT2D eigenvalue weighted by Gasteiger charge is -2.21. The number of anilines is 1. The van der Waals surface area contributed by atoms with Crippen molar-refractivity contribution in [1.82, 2.24) is 10.3 Å². The Kier molecular flexibility index (Phi) is 6.64. The van der Waals surface area contributed by atoms with Crippen molar-refractivity contribution in [3.8, 4) is 0 Å². The minimum absolute atomic E-state index is 0.0994. The largest absolute Gasteiger partial charge is 0.369 e. The number of nitrogens with zero attached hydrogens (tertiary/aromatic N) is 1. The van der Waals surface area contributed by atoms with Crippen molar-refractivity contribution in [1.29, 1.82) is 0 Å². The van der Waals surface area contributed by atoms with Crippen LogP contribution in [0.4, 0.5) is 5.82 Å². The van der Waals surface area contributed by atoms with Gasteiger partial charge in [0.25, 0.3) is 5.91 Å². The fourth-order valence-electron chi connectivity index (χ4n) is 2.21. The number of halogens is 1. The molecule has 1 amide bonds. The molecule has 0 aliphatic carbocycles. The van der Waals surface area contributed by atoms with E-state index >= 15 is 0 Å². The summed E-state index contributed by atoms with van der Waals surface area (Å²) >= 11 is 8.10. The van der Waals surface area contributed by atoms with Crippen molar-refractivity contribution in [2.75, 3.05) is 24.2 Å². The molecule has 0 bridgehead atoms. The summed E-state index contributed by atoms with van der Waals surface area (Å²) in [5.74, 6) is 1.74. The number of thioether (sulfide) groups is 1. The molecule has 2 rings (SSSR count). The molecular formula is C15H22ClN3OS. The summed E-state index contributed by atoms with van der Waals surface area (Å²) in [6.45, 7) is 3.61. The van der Waals surface area contributed by atoms with Crippen LogP contribution in [0.2, 0.25) is 5.02 Å². The number of amides is 1. The molecule has 0 radical (unpaired) electrons. The fourth-order valence-corrected chi connectivity index (χ4v) is 3.68. The summed E-state index contributed by atoms with van der Waals surface area (Å²) in [5.41, 5.74) is 0.517. The SMILES string of the molecule is CCCNc1ncc(C(=O)NCC2CCCCS2)cc1Cl. The molecule has 116 valence electrons. The van der Waals surface area contributed by atoms with Gasteiger partial charge in [0.05, 0.1) is 10.6 Å². The van der Waals surface area contributed by atoms with Gasteiger partial charge in [-0.05, 0) is 31.1 Å². The van der Waals surface area contributed by atoms with Gasteiger partial charge < -0.3 is 10.6 Å². The van der Waals surface area contributed by atoms with Crippen LogP contribution in [0, 0.1) is 0 Å². The van der Waals surface area contributed by atoms with Crippen LogP contribution in [-0.2, 0) is 0 Å². The zero-order chi connectivity index (χ0) is 15.1. The van der Waals surface area contributed by atoms with E-state index in [1.54, 1.807) is 12.3 Å². The lowest BCUT2D eigenvalue weighted by atomic mass is 10.2. The number of hydrogen-bond acceptors (Lipinski definition) is 4. The minimum atomic E-state index is -0.0994. The summed E-state index contributed by atoms with van der Waals surface area (Å²) in [7, 11) is 0. The van der Waals surface area contributed by atoms with Gasteiger partial charge in [-0.2, -0.15) is 11.8 Å². The topological polar surface area (TPSA) is 54.0 Å². The molecule has 21 heavy (non-hydrogen) atoms. The number of pyridine rings is 1. The predicted molar refractivity (Wildman–Crippen MR) is 90.5 cm³/mol. The monoisotopic (exact) mass is 327 g/mol. The number of rotatable bonds is 6. The number of carbonyl (C=O) groups excluding carboxylic acids is 1. The smallest absolute Gasteiger partial charge is 0.252 e. The summed E-state index contributed by atoms with van der Waals surface area (Å²) in [6, 6.07) is 1.68. The lowest BCUT2D eigenvalue weighted by Crippen LogP contribution is -2.32. The molecule has 0 saturated carbocycles. The minimum Gasteiger partial charge on any atom is -0.369 e. The van der Waals surface area contributed by atoms with Crippen LogP contribution in [-0.4, -0.2) is 35.0 Å². The van der Waals surface area contributed by atoms with Gasteiger partial charge in [-0.15, -0.1) is 0 Å². The summed E-state index contributed by atoms with van der Waals surface area (Å²) < 4.78 is 0. The van der Waals surface area contributed by atoms with Gasteiger partial charge in [-0.1, -0.05) is 24.9 Å². The van der Waals surface area contributed by atoms with Gasteiger partial charge in [-0.25, -0.2) is 4.98 Å². The molecule has 1 fully saturated rings. The Bertz CT molecular complexity index is 478. The number of nitrogens with one attached hydrogen (secondary N) is 2. The van der Waals surface area contributed by atoms with E-state index in [0.29, 0.717) is 21.7 Å². The van der Waals surface area contributed by atoms with E-state index in [2.05, 4.69) is 22.5 Å². The first kappa shape index (κ1) is 16.4. The van der Waals surface area contributed by atoms with Crippen molar-refractivity contribution in [2.45, 2.75) is 37.9 Å². The molecule has 2 heterocycles. The van der Waals surface area contributed by atoms with E-state index in [1.165, 1.54) is 25.0 Å². The molecule has 1 aliphatic rings. The highest BCUT2D eigenvalue weighted by Crippen LogP contribution is 2.24. The van der Waals surface area contributed by atoms with E-state index in [0.717, 1.165) is 19.5 Å². The Morgan fingerprint density at radius 3 is 3.05 bits per heavy atom. The molecule has 0 spiro atoms. The molecule has 6 heteroatoms. The predicted octanol–water partition coefficient (Wildman–Crippen LogP) is 3.57. The van der Waals surface area contributed by atoms with E-state index in [1.807, 2.05) is 11.8 Å². The molecule has 1 aromatic rings. The van der Waals surface area contributed by atoms with Gasteiger partial charge in [0, 0.05) is 24.5 Å². The van der Waals surface area contributed by atoms with Crippen LogP contribution in [0.25, 0.3) is 0 Å². The maximum Gasteiger partial charge on any atom is 0.252 e. The molecule has 0 aromatic carbocycles. The molecule has 1 saturated heterocycles. The van der Waals surface area contributed by atoms with Crippen molar-refractivity contribution in [3.63, 3.8) is 0 Å². The molecule has 2 N–H and O–H groups in total. The second kappa shape index (κ2) is 8.49. The molecule has 1 unspecified atom stereocenters. The first-order valence-corrected chi connectivity index (χ1v) is 8.92. The van der Waals surface area contributed by atoms with Crippen LogP contribution in [0.15, 0.2) is 12.3 Å². The maximum atomic E-state index is 12.1. The van der Waals surface area contributed by atoms with Crippen LogP contribution < -0.4 is 10.6 Å². The third-order valence-corrected chi connectivity index (χ3v) is 5.10. The highest BCUT2D eigenvalue weighted by atomic mass is 35.5. The zero-order valence-electron chi connectivity index (χ0n) is 12.3. The van der Waals surface area contributed by atoms with E-state index in [-0.39, 0.29) is 5.91 Å².